The molecule has 5 heteroatoms. The van der Waals surface area contributed by atoms with Gasteiger partial charge in [-0.05, 0) is 17.6 Å². The Balaban J connectivity index is 2.04. The van der Waals surface area contributed by atoms with Crippen LogP contribution in [-0.2, 0) is 14.0 Å². The quantitative estimate of drug-likeness (QED) is 0.583. The molecule has 1 fully saturated rings. The number of methoxy groups -OCH3 is 1. The fourth-order valence-electron chi connectivity index (χ4n) is 1.78. The molecule has 0 saturated carbocycles. The molecule has 0 aliphatic carbocycles. The molecule has 0 amide bonds. The lowest BCUT2D eigenvalue weighted by atomic mass is 9.76. The third-order valence-electron chi connectivity index (χ3n) is 2.85. The summed E-state index contributed by atoms with van der Waals surface area (Å²) in [5.74, 6) is -0.340. The molecule has 96 valence electrons. The van der Waals surface area contributed by atoms with Crippen molar-refractivity contribution in [1.82, 2.24) is 0 Å². The van der Waals surface area contributed by atoms with Gasteiger partial charge in [0.25, 0.3) is 0 Å². The number of carbonyl (C=O) groups excluding carboxylic acids is 1. The third-order valence-corrected chi connectivity index (χ3v) is 2.85. The van der Waals surface area contributed by atoms with E-state index in [2.05, 4.69) is 18.6 Å². The molecule has 0 spiro atoms. The minimum Gasteiger partial charge on any atom is -0.465 e. The maximum absolute atomic E-state index is 11.3. The summed E-state index contributed by atoms with van der Waals surface area (Å²) < 4.78 is 16.0. The fourth-order valence-corrected chi connectivity index (χ4v) is 1.78. The smallest absolute Gasteiger partial charge is 0.465 e. The summed E-state index contributed by atoms with van der Waals surface area (Å²) in [5, 5.41) is 0. The van der Waals surface area contributed by atoms with E-state index < -0.39 is 0 Å². The van der Waals surface area contributed by atoms with E-state index in [0.29, 0.717) is 18.8 Å². The van der Waals surface area contributed by atoms with Crippen LogP contribution in [0.1, 0.15) is 24.2 Å². The van der Waals surface area contributed by atoms with Gasteiger partial charge in [-0.15, -0.1) is 0 Å². The average Bonchev–Trinajstić information content (AvgIpc) is 2.38. The summed E-state index contributed by atoms with van der Waals surface area (Å²) in [5.41, 5.74) is 1.50. The van der Waals surface area contributed by atoms with E-state index in [1.807, 2.05) is 12.1 Å². The molecule has 2 rings (SSSR count). The molecule has 0 radical (unpaired) electrons. The first-order valence-corrected chi connectivity index (χ1v) is 5.93. The Morgan fingerprint density at radius 3 is 2.28 bits per heavy atom. The molecule has 0 aromatic heterocycles. The minimum atomic E-state index is -0.343. The molecular formula is C13H17BO4. The summed E-state index contributed by atoms with van der Waals surface area (Å²) in [4.78, 5) is 11.3. The molecular weight excluding hydrogens is 231 g/mol. The van der Waals surface area contributed by atoms with Gasteiger partial charge in [0, 0.05) is 18.6 Å². The molecule has 0 bridgehead atoms. The first-order valence-electron chi connectivity index (χ1n) is 5.93. The zero-order valence-electron chi connectivity index (χ0n) is 10.9. The molecule has 1 aliphatic rings. The Labute approximate surface area is 107 Å². The van der Waals surface area contributed by atoms with E-state index in [1.54, 1.807) is 12.1 Å². The molecule has 0 N–H and O–H groups in total. The van der Waals surface area contributed by atoms with Crippen LogP contribution in [0.25, 0.3) is 0 Å². The van der Waals surface area contributed by atoms with Gasteiger partial charge in [-0.2, -0.15) is 0 Å². The fraction of sp³-hybridized carbons (Fsp3) is 0.462. The SMILES string of the molecule is COC(=O)c1ccc(B2OCC(C)(C)CO2)cc1. The van der Waals surface area contributed by atoms with Crippen LogP contribution in [0.15, 0.2) is 24.3 Å². The maximum atomic E-state index is 11.3. The van der Waals surface area contributed by atoms with E-state index in [9.17, 15) is 4.79 Å². The lowest BCUT2D eigenvalue weighted by molar-refractivity contribution is 0.0343. The number of ether oxygens (including phenoxy) is 1. The van der Waals surface area contributed by atoms with Crippen molar-refractivity contribution in [3.63, 3.8) is 0 Å². The second-order valence-electron chi connectivity index (χ2n) is 5.23. The van der Waals surface area contributed by atoms with Crippen LogP contribution in [0.2, 0.25) is 0 Å². The van der Waals surface area contributed by atoms with Gasteiger partial charge >= 0.3 is 13.1 Å². The predicted octanol–water partition coefficient (Wildman–Crippen LogP) is 1.24. The molecule has 1 saturated heterocycles. The Kier molecular flexibility index (Phi) is 3.73. The van der Waals surface area contributed by atoms with Crippen LogP contribution in [-0.4, -0.2) is 33.4 Å². The van der Waals surface area contributed by atoms with Gasteiger partial charge in [0.05, 0.1) is 12.7 Å². The van der Waals surface area contributed by atoms with E-state index in [1.165, 1.54) is 7.11 Å². The second kappa shape index (κ2) is 5.12. The summed E-state index contributed by atoms with van der Waals surface area (Å²) in [6.07, 6.45) is 0. The van der Waals surface area contributed by atoms with Crippen molar-refractivity contribution in [2.45, 2.75) is 13.8 Å². The first kappa shape index (κ1) is 13.1. The summed E-state index contributed by atoms with van der Waals surface area (Å²) >= 11 is 0. The van der Waals surface area contributed by atoms with Gasteiger partial charge < -0.3 is 14.0 Å². The Morgan fingerprint density at radius 2 is 1.78 bits per heavy atom. The van der Waals surface area contributed by atoms with Crippen LogP contribution < -0.4 is 5.46 Å². The van der Waals surface area contributed by atoms with E-state index in [-0.39, 0.29) is 18.5 Å². The van der Waals surface area contributed by atoms with Crippen molar-refractivity contribution >= 4 is 18.6 Å². The average molecular weight is 248 g/mol. The number of esters is 1. The third kappa shape index (κ3) is 2.92. The molecule has 18 heavy (non-hydrogen) atoms. The van der Waals surface area contributed by atoms with Crippen molar-refractivity contribution in [3.05, 3.63) is 29.8 Å². The standard InChI is InChI=1S/C13H17BO4/c1-13(2)8-17-14(18-9-13)11-6-4-10(5-7-11)12(15)16-3/h4-7H,8-9H2,1-3H3. The Morgan fingerprint density at radius 1 is 1.22 bits per heavy atom. The number of carbonyl (C=O) groups is 1. The number of hydrogen-bond acceptors (Lipinski definition) is 4. The van der Waals surface area contributed by atoms with Gasteiger partial charge in [0.1, 0.15) is 0 Å². The molecule has 1 aromatic rings. The van der Waals surface area contributed by atoms with Crippen LogP contribution in [0.4, 0.5) is 0 Å². The molecule has 1 aliphatic heterocycles. The normalized spacial score (nSPS) is 18.5. The van der Waals surface area contributed by atoms with Crippen LogP contribution in [0.5, 0.6) is 0 Å². The van der Waals surface area contributed by atoms with Gasteiger partial charge in [-0.1, -0.05) is 26.0 Å². The molecule has 0 unspecified atom stereocenters. The van der Waals surface area contributed by atoms with Crippen LogP contribution in [0, 0.1) is 5.41 Å². The molecule has 1 heterocycles. The summed E-state index contributed by atoms with van der Waals surface area (Å²) in [6, 6.07) is 7.09. The maximum Gasteiger partial charge on any atom is 0.493 e. The van der Waals surface area contributed by atoms with Gasteiger partial charge in [-0.25, -0.2) is 4.79 Å². The van der Waals surface area contributed by atoms with Crippen molar-refractivity contribution in [3.8, 4) is 0 Å². The van der Waals surface area contributed by atoms with Gasteiger partial charge in [0.15, 0.2) is 0 Å². The van der Waals surface area contributed by atoms with Crippen molar-refractivity contribution in [1.29, 1.82) is 0 Å². The van der Waals surface area contributed by atoms with Crippen LogP contribution in [0.3, 0.4) is 0 Å². The number of benzene rings is 1. The van der Waals surface area contributed by atoms with Gasteiger partial charge in [0.2, 0.25) is 0 Å². The topological polar surface area (TPSA) is 44.8 Å². The highest BCUT2D eigenvalue weighted by Gasteiger charge is 2.33. The summed E-state index contributed by atoms with van der Waals surface area (Å²) in [7, 11) is 1.02. The second-order valence-corrected chi connectivity index (χ2v) is 5.23. The van der Waals surface area contributed by atoms with Crippen LogP contribution >= 0.6 is 0 Å². The predicted molar refractivity (Wildman–Crippen MR) is 68.9 cm³/mol. The highest BCUT2D eigenvalue weighted by molar-refractivity contribution is 6.61. The van der Waals surface area contributed by atoms with E-state index in [0.717, 1.165) is 5.46 Å². The highest BCUT2D eigenvalue weighted by Crippen LogP contribution is 2.21. The lowest BCUT2D eigenvalue weighted by Crippen LogP contribution is -2.47. The van der Waals surface area contributed by atoms with Crippen molar-refractivity contribution < 1.29 is 18.8 Å². The van der Waals surface area contributed by atoms with E-state index in [4.69, 9.17) is 9.31 Å². The Bertz CT molecular complexity index is 417. The number of hydrogen-bond donors (Lipinski definition) is 0. The first-order chi connectivity index (χ1) is 8.52. The van der Waals surface area contributed by atoms with E-state index >= 15 is 0 Å². The molecule has 4 nitrogen and oxygen atoms in total. The van der Waals surface area contributed by atoms with Gasteiger partial charge in [-0.3, -0.25) is 0 Å². The zero-order valence-corrected chi connectivity index (χ0v) is 10.9. The summed E-state index contributed by atoms with van der Waals surface area (Å²) in [6.45, 7) is 5.53. The molecule has 1 aromatic carbocycles. The Hall–Kier alpha value is -1.33. The minimum absolute atomic E-state index is 0.0580. The largest absolute Gasteiger partial charge is 0.493 e. The lowest BCUT2D eigenvalue weighted by Gasteiger charge is -2.33. The van der Waals surface area contributed by atoms with Crippen molar-refractivity contribution in [2.24, 2.45) is 5.41 Å². The van der Waals surface area contributed by atoms with Crippen molar-refractivity contribution in [2.75, 3.05) is 20.3 Å². The highest BCUT2D eigenvalue weighted by atomic mass is 16.6. The molecule has 0 atom stereocenters. The number of rotatable bonds is 2. The zero-order chi connectivity index (χ0) is 13.2. The monoisotopic (exact) mass is 248 g/mol.